The first-order valence-electron chi connectivity index (χ1n) is 9.55. The molecule has 1 aromatic rings. The monoisotopic (exact) mass is 397 g/mol. The Labute approximate surface area is 162 Å². The zero-order chi connectivity index (χ0) is 20.0. The van der Waals surface area contributed by atoms with E-state index in [4.69, 9.17) is 4.74 Å². The molecule has 1 amide bonds. The minimum atomic E-state index is -3.69. The highest BCUT2D eigenvalue weighted by Gasteiger charge is 2.29. The van der Waals surface area contributed by atoms with Crippen molar-refractivity contribution in [1.82, 2.24) is 9.21 Å². The van der Waals surface area contributed by atoms with Gasteiger partial charge in [0.15, 0.2) is 0 Å². The van der Waals surface area contributed by atoms with Gasteiger partial charge in [-0.25, -0.2) is 12.7 Å². The van der Waals surface area contributed by atoms with Crippen LogP contribution in [0.4, 0.5) is 5.69 Å². The quantitative estimate of drug-likeness (QED) is 0.729. The molecular weight excluding hydrogens is 366 g/mol. The molecule has 1 saturated heterocycles. The molecule has 0 aliphatic carbocycles. The first-order valence-corrected chi connectivity index (χ1v) is 11.0. The Kier molecular flexibility index (Phi) is 7.64. The number of anilines is 1. The second kappa shape index (κ2) is 9.52. The van der Waals surface area contributed by atoms with E-state index < -0.39 is 10.0 Å². The van der Waals surface area contributed by atoms with Crippen LogP contribution in [0.15, 0.2) is 23.1 Å². The fourth-order valence-electron chi connectivity index (χ4n) is 3.33. The Morgan fingerprint density at radius 1 is 1.30 bits per heavy atom. The molecule has 0 radical (unpaired) electrons. The molecule has 27 heavy (non-hydrogen) atoms. The van der Waals surface area contributed by atoms with Crippen molar-refractivity contribution < 1.29 is 17.9 Å². The smallest absolute Gasteiger partial charge is 0.246 e. The predicted octanol–water partition coefficient (Wildman–Crippen LogP) is 2.54. The first kappa shape index (κ1) is 21.7. The molecule has 7 nitrogen and oxygen atoms in total. The Bertz CT molecular complexity index is 747. The summed E-state index contributed by atoms with van der Waals surface area (Å²) in [5.41, 5.74) is 0.464. The molecule has 2 rings (SSSR count). The second-order valence-electron chi connectivity index (χ2n) is 6.92. The van der Waals surface area contributed by atoms with Crippen LogP contribution in [-0.2, 0) is 14.8 Å². The van der Waals surface area contributed by atoms with Crippen LogP contribution >= 0.6 is 0 Å². The van der Waals surface area contributed by atoms with Crippen molar-refractivity contribution in [3.05, 3.63) is 18.2 Å². The third-order valence-corrected chi connectivity index (χ3v) is 6.53. The highest BCUT2D eigenvalue weighted by molar-refractivity contribution is 7.89. The van der Waals surface area contributed by atoms with Crippen LogP contribution in [-0.4, -0.2) is 63.4 Å². The second-order valence-corrected chi connectivity index (χ2v) is 9.04. The van der Waals surface area contributed by atoms with Crippen LogP contribution in [0.5, 0.6) is 5.75 Å². The highest BCUT2D eigenvalue weighted by Crippen LogP contribution is 2.29. The summed E-state index contributed by atoms with van der Waals surface area (Å²) in [5, 5.41) is 2.90. The number of benzene rings is 1. The van der Waals surface area contributed by atoms with Gasteiger partial charge >= 0.3 is 0 Å². The number of nitrogens with zero attached hydrogens (tertiary/aromatic N) is 2. The number of hydrogen-bond acceptors (Lipinski definition) is 5. The number of nitrogens with one attached hydrogen (secondary N) is 1. The Morgan fingerprint density at radius 3 is 2.67 bits per heavy atom. The number of amides is 1. The summed E-state index contributed by atoms with van der Waals surface area (Å²) >= 11 is 0. The molecule has 0 bridgehead atoms. The van der Waals surface area contributed by atoms with E-state index in [2.05, 4.69) is 17.1 Å². The molecule has 8 heteroatoms. The lowest BCUT2D eigenvalue weighted by Crippen LogP contribution is -2.47. The average molecular weight is 398 g/mol. The van der Waals surface area contributed by atoms with Gasteiger partial charge in [0.1, 0.15) is 10.6 Å². The number of ether oxygens (including phenoxy) is 1. The summed E-state index contributed by atoms with van der Waals surface area (Å²) < 4.78 is 31.9. The van der Waals surface area contributed by atoms with E-state index in [0.717, 1.165) is 43.1 Å². The minimum absolute atomic E-state index is 0.0567. The Balaban J connectivity index is 2.27. The number of carbonyl (C=O) groups is 1. The molecule has 0 aromatic heterocycles. The fourth-order valence-corrected chi connectivity index (χ4v) is 4.38. The highest BCUT2D eigenvalue weighted by atomic mass is 32.2. The largest absolute Gasteiger partial charge is 0.492 e. The van der Waals surface area contributed by atoms with Crippen molar-refractivity contribution in [2.75, 3.05) is 39.1 Å². The third-order valence-electron chi connectivity index (χ3n) is 4.70. The zero-order valence-electron chi connectivity index (χ0n) is 16.7. The van der Waals surface area contributed by atoms with Gasteiger partial charge in [-0.1, -0.05) is 13.3 Å². The van der Waals surface area contributed by atoms with E-state index in [1.807, 2.05) is 0 Å². The van der Waals surface area contributed by atoms with Gasteiger partial charge < -0.3 is 10.1 Å². The van der Waals surface area contributed by atoms with Gasteiger partial charge in [-0.3, -0.25) is 9.69 Å². The van der Waals surface area contributed by atoms with Crippen molar-refractivity contribution >= 4 is 21.6 Å². The van der Waals surface area contributed by atoms with Gasteiger partial charge in [-0.2, -0.15) is 0 Å². The van der Waals surface area contributed by atoms with Gasteiger partial charge in [0.05, 0.1) is 12.6 Å². The van der Waals surface area contributed by atoms with Crippen molar-refractivity contribution in [2.45, 2.75) is 50.5 Å². The van der Waals surface area contributed by atoms with Crippen molar-refractivity contribution in [3.8, 4) is 5.75 Å². The molecular formula is C19H31N3O4S. The summed E-state index contributed by atoms with van der Waals surface area (Å²) in [7, 11) is -0.739. The van der Waals surface area contributed by atoms with E-state index in [1.165, 1.54) is 20.2 Å². The molecule has 1 atom stereocenters. The number of rotatable bonds is 8. The number of likely N-dealkylation sites (tertiary alicyclic amines) is 1. The molecule has 1 N–H and O–H groups in total. The lowest BCUT2D eigenvalue weighted by atomic mass is 10.0. The molecule has 0 unspecified atom stereocenters. The lowest BCUT2D eigenvalue weighted by Gasteiger charge is -2.34. The molecule has 1 heterocycles. The first-order chi connectivity index (χ1) is 12.8. The lowest BCUT2D eigenvalue weighted by molar-refractivity contribution is -0.122. The molecule has 1 aliphatic rings. The summed E-state index contributed by atoms with van der Waals surface area (Å²) in [6, 6.07) is 4.59. The summed E-state index contributed by atoms with van der Waals surface area (Å²) in [6.45, 7) is 6.08. The van der Waals surface area contributed by atoms with E-state index in [1.54, 1.807) is 19.1 Å². The maximum Gasteiger partial charge on any atom is 0.246 e. The fraction of sp³-hybridized carbons (Fsp3) is 0.632. The minimum Gasteiger partial charge on any atom is -0.492 e. The van der Waals surface area contributed by atoms with Crippen LogP contribution < -0.4 is 10.1 Å². The van der Waals surface area contributed by atoms with Crippen molar-refractivity contribution in [2.24, 2.45) is 0 Å². The van der Waals surface area contributed by atoms with Crippen LogP contribution in [0.1, 0.15) is 39.5 Å². The van der Waals surface area contributed by atoms with E-state index >= 15 is 0 Å². The topological polar surface area (TPSA) is 79.0 Å². The third kappa shape index (κ3) is 5.21. The van der Waals surface area contributed by atoms with Crippen LogP contribution in [0.2, 0.25) is 0 Å². The SMILES string of the molecule is CCCN1CCCC[C@H]1C(=O)Nc1ccc(OCC)c(S(=O)(=O)N(C)C)c1. The molecule has 0 saturated carbocycles. The molecule has 1 aliphatic heterocycles. The average Bonchev–Trinajstić information content (AvgIpc) is 2.63. The number of piperidine rings is 1. The Morgan fingerprint density at radius 2 is 2.04 bits per heavy atom. The number of hydrogen-bond donors (Lipinski definition) is 1. The van der Waals surface area contributed by atoms with Gasteiger partial charge in [0.25, 0.3) is 0 Å². The maximum atomic E-state index is 12.8. The summed E-state index contributed by atoms with van der Waals surface area (Å²) in [4.78, 5) is 15.1. The predicted molar refractivity (Wildman–Crippen MR) is 107 cm³/mol. The van der Waals surface area contributed by atoms with Crippen LogP contribution in [0, 0.1) is 0 Å². The van der Waals surface area contributed by atoms with Crippen LogP contribution in [0.3, 0.4) is 0 Å². The van der Waals surface area contributed by atoms with E-state index in [9.17, 15) is 13.2 Å². The van der Waals surface area contributed by atoms with Gasteiger partial charge in [-0.15, -0.1) is 0 Å². The number of sulfonamides is 1. The molecule has 152 valence electrons. The standard InChI is InChI=1S/C19H31N3O4S/c1-5-12-22-13-8-7-9-16(22)19(23)20-15-10-11-17(26-6-2)18(14-15)27(24,25)21(3)4/h10-11,14,16H,5-9,12-13H2,1-4H3,(H,20,23)/t16-/m0/s1. The molecule has 0 spiro atoms. The molecule has 1 aromatic carbocycles. The van der Waals surface area contributed by atoms with Gasteiger partial charge in [0.2, 0.25) is 15.9 Å². The van der Waals surface area contributed by atoms with E-state index in [0.29, 0.717) is 12.3 Å². The van der Waals surface area contributed by atoms with E-state index in [-0.39, 0.29) is 22.6 Å². The maximum absolute atomic E-state index is 12.8. The van der Waals surface area contributed by atoms with Crippen LogP contribution in [0.25, 0.3) is 0 Å². The van der Waals surface area contributed by atoms with Crippen molar-refractivity contribution in [3.63, 3.8) is 0 Å². The van der Waals surface area contributed by atoms with Gasteiger partial charge in [0, 0.05) is 19.8 Å². The Hall–Kier alpha value is -1.64. The normalized spacial score (nSPS) is 18.5. The van der Waals surface area contributed by atoms with Crippen molar-refractivity contribution in [1.29, 1.82) is 0 Å². The zero-order valence-corrected chi connectivity index (χ0v) is 17.5. The molecule has 1 fully saturated rings. The van der Waals surface area contributed by atoms with Gasteiger partial charge in [-0.05, 0) is 57.5 Å². The summed E-state index contributed by atoms with van der Waals surface area (Å²) in [6.07, 6.45) is 3.96. The number of carbonyl (C=O) groups excluding carboxylic acids is 1. The summed E-state index contributed by atoms with van der Waals surface area (Å²) in [5.74, 6) is 0.204.